The quantitative estimate of drug-likeness (QED) is 0.763. The summed E-state index contributed by atoms with van der Waals surface area (Å²) >= 11 is 0. The lowest BCUT2D eigenvalue weighted by Gasteiger charge is -2.13. The van der Waals surface area contributed by atoms with E-state index in [0.717, 1.165) is 11.3 Å². The molecule has 0 radical (unpaired) electrons. The van der Waals surface area contributed by atoms with E-state index < -0.39 is 0 Å². The van der Waals surface area contributed by atoms with Crippen LogP contribution in [-0.4, -0.2) is 26.1 Å². The monoisotopic (exact) mass is 244 g/mol. The van der Waals surface area contributed by atoms with Gasteiger partial charge in [-0.05, 0) is 23.6 Å². The second-order valence-electron chi connectivity index (χ2n) is 4.73. The van der Waals surface area contributed by atoms with Gasteiger partial charge >= 0.3 is 0 Å². The molecule has 1 aromatic rings. The van der Waals surface area contributed by atoms with E-state index in [1.165, 1.54) is 5.56 Å². The second kappa shape index (κ2) is 6.11. The number of nitrogens with zero attached hydrogens (tertiary/aromatic N) is 2. The first-order chi connectivity index (χ1) is 8.49. The second-order valence-corrected chi connectivity index (χ2v) is 4.73. The highest BCUT2D eigenvalue weighted by atomic mass is 16.5. The van der Waals surface area contributed by atoms with Crippen LogP contribution in [0.15, 0.2) is 24.4 Å². The number of rotatable bonds is 4. The molecule has 96 valence electrons. The van der Waals surface area contributed by atoms with Crippen molar-refractivity contribution >= 4 is 5.57 Å². The van der Waals surface area contributed by atoms with Gasteiger partial charge in [-0.15, -0.1) is 0 Å². The predicted molar refractivity (Wildman–Crippen MR) is 74.4 cm³/mol. The van der Waals surface area contributed by atoms with Crippen molar-refractivity contribution in [2.45, 2.75) is 19.8 Å². The molecule has 0 atom stereocenters. The van der Waals surface area contributed by atoms with Gasteiger partial charge in [0.2, 0.25) is 0 Å². The van der Waals surface area contributed by atoms with Crippen LogP contribution in [-0.2, 0) is 0 Å². The molecule has 0 aliphatic heterocycles. The molecule has 0 unspecified atom stereocenters. The molecular weight excluding hydrogens is 224 g/mol. The minimum Gasteiger partial charge on any atom is -0.496 e. The van der Waals surface area contributed by atoms with Gasteiger partial charge in [-0.25, -0.2) is 0 Å². The normalized spacial score (nSPS) is 11.3. The lowest BCUT2D eigenvalue weighted by atomic mass is 9.97. The highest BCUT2D eigenvalue weighted by Gasteiger charge is 2.11. The minimum absolute atomic E-state index is 0.425. The van der Waals surface area contributed by atoms with Crippen LogP contribution in [0.5, 0.6) is 5.75 Å². The Kier molecular flexibility index (Phi) is 4.79. The number of methoxy groups -OCH3 is 1. The summed E-state index contributed by atoms with van der Waals surface area (Å²) in [5.41, 5.74) is 2.66. The standard InChI is InChI=1S/C15H20N2O/c1-11(2)12-6-7-15(18-5)14(8-12)13(9-16)10-17(3)4/h6-8,10-11H,1-5H3/b13-10+. The molecule has 0 saturated heterocycles. The van der Waals surface area contributed by atoms with Crippen LogP contribution in [0.1, 0.15) is 30.9 Å². The van der Waals surface area contributed by atoms with Crippen molar-refractivity contribution in [2.24, 2.45) is 0 Å². The number of ether oxygens (including phenoxy) is 1. The molecule has 0 fully saturated rings. The highest BCUT2D eigenvalue weighted by Crippen LogP contribution is 2.29. The van der Waals surface area contributed by atoms with Gasteiger partial charge in [-0.3, -0.25) is 0 Å². The van der Waals surface area contributed by atoms with Crippen molar-refractivity contribution in [1.82, 2.24) is 4.90 Å². The number of nitriles is 1. The molecule has 0 aromatic heterocycles. The molecule has 3 heteroatoms. The Balaban J connectivity index is 3.36. The van der Waals surface area contributed by atoms with E-state index in [-0.39, 0.29) is 0 Å². The maximum atomic E-state index is 9.28. The number of allylic oxidation sites excluding steroid dienone is 1. The summed E-state index contributed by atoms with van der Waals surface area (Å²) in [4.78, 5) is 1.86. The summed E-state index contributed by atoms with van der Waals surface area (Å²) in [7, 11) is 5.42. The smallest absolute Gasteiger partial charge is 0.127 e. The van der Waals surface area contributed by atoms with E-state index in [1.807, 2.05) is 43.4 Å². The van der Waals surface area contributed by atoms with Crippen LogP contribution in [0.25, 0.3) is 5.57 Å². The summed E-state index contributed by atoms with van der Waals surface area (Å²) in [6.07, 6.45) is 1.81. The zero-order valence-corrected chi connectivity index (χ0v) is 11.7. The fourth-order valence-electron chi connectivity index (χ4n) is 1.71. The van der Waals surface area contributed by atoms with Crippen LogP contribution >= 0.6 is 0 Å². The summed E-state index contributed by atoms with van der Waals surface area (Å²) in [6.45, 7) is 4.26. The Hall–Kier alpha value is -1.95. The first-order valence-electron chi connectivity index (χ1n) is 5.96. The first-order valence-corrected chi connectivity index (χ1v) is 5.96. The Morgan fingerprint density at radius 2 is 2.06 bits per heavy atom. The van der Waals surface area contributed by atoms with Gasteiger partial charge < -0.3 is 9.64 Å². The van der Waals surface area contributed by atoms with Crippen LogP contribution < -0.4 is 4.74 Å². The fourth-order valence-corrected chi connectivity index (χ4v) is 1.71. The number of hydrogen-bond donors (Lipinski definition) is 0. The van der Waals surface area contributed by atoms with Crippen molar-refractivity contribution in [2.75, 3.05) is 21.2 Å². The average molecular weight is 244 g/mol. The maximum Gasteiger partial charge on any atom is 0.127 e. The molecule has 0 bridgehead atoms. The molecule has 0 aliphatic carbocycles. The van der Waals surface area contributed by atoms with Gasteiger partial charge in [0.25, 0.3) is 0 Å². The number of hydrogen-bond acceptors (Lipinski definition) is 3. The summed E-state index contributed by atoms with van der Waals surface area (Å²) in [6, 6.07) is 8.22. The van der Waals surface area contributed by atoms with Crippen LogP contribution in [0.3, 0.4) is 0 Å². The predicted octanol–water partition coefficient (Wildman–Crippen LogP) is 3.24. The van der Waals surface area contributed by atoms with Crippen molar-refractivity contribution in [3.05, 3.63) is 35.5 Å². The molecular formula is C15H20N2O. The van der Waals surface area contributed by atoms with E-state index in [2.05, 4.69) is 19.9 Å². The van der Waals surface area contributed by atoms with E-state index in [9.17, 15) is 5.26 Å². The molecule has 0 spiro atoms. The third kappa shape index (κ3) is 3.27. The Labute approximate surface area is 109 Å². The van der Waals surface area contributed by atoms with Crippen LogP contribution in [0.4, 0.5) is 0 Å². The average Bonchev–Trinajstić information content (AvgIpc) is 2.34. The van der Waals surface area contributed by atoms with Crippen molar-refractivity contribution in [1.29, 1.82) is 5.26 Å². The van der Waals surface area contributed by atoms with Gasteiger partial charge in [-0.1, -0.05) is 19.9 Å². The largest absolute Gasteiger partial charge is 0.496 e. The lowest BCUT2D eigenvalue weighted by Crippen LogP contribution is -2.03. The minimum atomic E-state index is 0.425. The van der Waals surface area contributed by atoms with Gasteiger partial charge in [0, 0.05) is 25.9 Å². The molecule has 0 heterocycles. The molecule has 3 nitrogen and oxygen atoms in total. The topological polar surface area (TPSA) is 36.3 Å². The van der Waals surface area contributed by atoms with E-state index in [0.29, 0.717) is 11.5 Å². The fraction of sp³-hybridized carbons (Fsp3) is 0.400. The van der Waals surface area contributed by atoms with Crippen molar-refractivity contribution < 1.29 is 4.74 Å². The molecule has 0 N–H and O–H groups in total. The molecule has 0 amide bonds. The molecule has 1 rings (SSSR count). The highest BCUT2D eigenvalue weighted by molar-refractivity contribution is 5.80. The summed E-state index contributed by atoms with van der Waals surface area (Å²) < 4.78 is 5.33. The zero-order chi connectivity index (χ0) is 13.7. The van der Waals surface area contributed by atoms with Crippen molar-refractivity contribution in [3.63, 3.8) is 0 Å². The van der Waals surface area contributed by atoms with Gasteiger partial charge in [0.05, 0.1) is 12.7 Å². The Morgan fingerprint density at radius 3 is 2.50 bits per heavy atom. The van der Waals surface area contributed by atoms with Gasteiger partial charge in [0.1, 0.15) is 11.8 Å². The van der Waals surface area contributed by atoms with E-state index >= 15 is 0 Å². The molecule has 18 heavy (non-hydrogen) atoms. The Morgan fingerprint density at radius 1 is 1.39 bits per heavy atom. The summed E-state index contributed by atoms with van der Waals surface area (Å²) in [5.74, 6) is 1.16. The molecule has 0 saturated carbocycles. The van der Waals surface area contributed by atoms with Crippen LogP contribution in [0, 0.1) is 11.3 Å². The first kappa shape index (κ1) is 14.1. The van der Waals surface area contributed by atoms with E-state index in [1.54, 1.807) is 7.11 Å². The summed E-state index contributed by atoms with van der Waals surface area (Å²) in [5, 5.41) is 9.28. The Bertz CT molecular complexity index is 482. The molecule has 0 aliphatic rings. The number of benzene rings is 1. The third-order valence-electron chi connectivity index (χ3n) is 2.69. The third-order valence-corrected chi connectivity index (χ3v) is 2.69. The van der Waals surface area contributed by atoms with E-state index in [4.69, 9.17) is 4.74 Å². The van der Waals surface area contributed by atoms with Gasteiger partial charge in [-0.2, -0.15) is 5.26 Å². The van der Waals surface area contributed by atoms with Gasteiger partial charge in [0.15, 0.2) is 0 Å². The lowest BCUT2D eigenvalue weighted by molar-refractivity contribution is 0.413. The van der Waals surface area contributed by atoms with Crippen LogP contribution in [0.2, 0.25) is 0 Å². The zero-order valence-electron chi connectivity index (χ0n) is 11.7. The SMILES string of the molecule is COc1ccc(C(C)C)cc1/C(C#N)=C/N(C)C. The van der Waals surface area contributed by atoms with Crippen molar-refractivity contribution in [3.8, 4) is 11.8 Å². The molecule has 1 aromatic carbocycles. The maximum absolute atomic E-state index is 9.28.